The third-order valence-electron chi connectivity index (χ3n) is 2.14. The molecule has 0 saturated carbocycles. The Labute approximate surface area is 98.8 Å². The Morgan fingerprint density at radius 1 is 1.47 bits per heavy atom. The number of carboxylic acids is 1. The Kier molecular flexibility index (Phi) is 5.09. The van der Waals surface area contributed by atoms with E-state index in [0.717, 1.165) is 0 Å². The van der Waals surface area contributed by atoms with Crippen LogP contribution in [0, 0.1) is 0 Å². The van der Waals surface area contributed by atoms with Crippen molar-refractivity contribution in [2.45, 2.75) is 19.4 Å². The van der Waals surface area contributed by atoms with Gasteiger partial charge in [0.25, 0.3) is 5.91 Å². The highest BCUT2D eigenvalue weighted by molar-refractivity contribution is 5.94. The van der Waals surface area contributed by atoms with Crippen LogP contribution in [0.15, 0.2) is 18.3 Å². The van der Waals surface area contributed by atoms with Gasteiger partial charge in [-0.3, -0.25) is 14.6 Å². The summed E-state index contributed by atoms with van der Waals surface area (Å²) >= 11 is 0. The molecule has 0 aliphatic rings. The quantitative estimate of drug-likeness (QED) is 0.610. The van der Waals surface area contributed by atoms with Gasteiger partial charge in [-0.15, -0.1) is 0 Å². The molecule has 92 valence electrons. The standard InChI is InChI=1S/C11H15N3O3/c12-7-9-6-8(3-5-13-9)11(17)14-4-1-2-10(15)16/h3,5-6H,1-2,4,7,12H2,(H,14,17)(H,15,16). The van der Waals surface area contributed by atoms with Crippen molar-refractivity contribution < 1.29 is 14.7 Å². The summed E-state index contributed by atoms with van der Waals surface area (Å²) < 4.78 is 0. The molecule has 1 rings (SSSR count). The first-order valence-electron chi connectivity index (χ1n) is 5.28. The number of carboxylic acid groups (broad SMARTS) is 1. The molecule has 0 bridgehead atoms. The molecule has 0 fully saturated rings. The van der Waals surface area contributed by atoms with E-state index in [1.807, 2.05) is 0 Å². The van der Waals surface area contributed by atoms with E-state index in [-0.39, 0.29) is 18.9 Å². The summed E-state index contributed by atoms with van der Waals surface area (Å²) in [6.45, 7) is 0.617. The van der Waals surface area contributed by atoms with E-state index in [1.165, 1.54) is 6.20 Å². The average Bonchev–Trinajstić information content (AvgIpc) is 2.34. The van der Waals surface area contributed by atoms with Crippen molar-refractivity contribution in [3.05, 3.63) is 29.6 Å². The van der Waals surface area contributed by atoms with Gasteiger partial charge >= 0.3 is 5.97 Å². The Morgan fingerprint density at radius 3 is 2.88 bits per heavy atom. The molecule has 0 saturated heterocycles. The van der Waals surface area contributed by atoms with E-state index >= 15 is 0 Å². The molecule has 1 heterocycles. The highest BCUT2D eigenvalue weighted by atomic mass is 16.4. The molecule has 0 aliphatic carbocycles. The minimum atomic E-state index is -0.867. The largest absolute Gasteiger partial charge is 0.481 e. The van der Waals surface area contributed by atoms with Crippen LogP contribution in [0.4, 0.5) is 0 Å². The molecule has 0 unspecified atom stereocenters. The Hall–Kier alpha value is -1.95. The monoisotopic (exact) mass is 237 g/mol. The number of aliphatic carboxylic acids is 1. The van der Waals surface area contributed by atoms with Gasteiger partial charge in [-0.1, -0.05) is 0 Å². The number of hydrogen-bond acceptors (Lipinski definition) is 4. The molecule has 6 heteroatoms. The maximum atomic E-state index is 11.6. The molecule has 17 heavy (non-hydrogen) atoms. The SMILES string of the molecule is NCc1cc(C(=O)NCCCC(=O)O)ccn1. The fourth-order valence-electron chi connectivity index (χ4n) is 1.27. The molecule has 1 amide bonds. The molecule has 0 spiro atoms. The van der Waals surface area contributed by atoms with Crippen LogP contribution in [-0.2, 0) is 11.3 Å². The first-order chi connectivity index (χ1) is 8.13. The lowest BCUT2D eigenvalue weighted by Gasteiger charge is -2.05. The molecule has 0 radical (unpaired) electrons. The minimum absolute atomic E-state index is 0.0463. The summed E-state index contributed by atoms with van der Waals surface area (Å²) in [5, 5.41) is 11.1. The van der Waals surface area contributed by atoms with Crippen LogP contribution in [0.5, 0.6) is 0 Å². The number of pyridine rings is 1. The van der Waals surface area contributed by atoms with Gasteiger partial charge in [-0.05, 0) is 18.6 Å². The van der Waals surface area contributed by atoms with E-state index in [0.29, 0.717) is 24.2 Å². The molecule has 0 aliphatic heterocycles. The summed E-state index contributed by atoms with van der Waals surface area (Å²) in [7, 11) is 0. The van der Waals surface area contributed by atoms with Crippen LogP contribution < -0.4 is 11.1 Å². The number of amides is 1. The predicted octanol–water partition coefficient (Wildman–Crippen LogP) is 0.135. The van der Waals surface area contributed by atoms with Gasteiger partial charge in [0.2, 0.25) is 0 Å². The molecule has 6 nitrogen and oxygen atoms in total. The fraction of sp³-hybridized carbons (Fsp3) is 0.364. The number of carbonyl (C=O) groups excluding carboxylic acids is 1. The number of nitrogens with two attached hydrogens (primary N) is 1. The second-order valence-electron chi connectivity index (χ2n) is 3.49. The fourth-order valence-corrected chi connectivity index (χ4v) is 1.27. The van der Waals surface area contributed by atoms with Crippen LogP contribution in [0.2, 0.25) is 0 Å². The zero-order valence-electron chi connectivity index (χ0n) is 9.35. The zero-order chi connectivity index (χ0) is 12.7. The summed E-state index contributed by atoms with van der Waals surface area (Å²) in [5.41, 5.74) is 6.54. The Balaban J connectivity index is 2.43. The van der Waals surface area contributed by atoms with Crippen LogP contribution in [0.25, 0.3) is 0 Å². The second kappa shape index (κ2) is 6.59. The van der Waals surface area contributed by atoms with Gasteiger partial charge in [0.05, 0.1) is 5.69 Å². The topological polar surface area (TPSA) is 105 Å². The summed E-state index contributed by atoms with van der Waals surface area (Å²) in [4.78, 5) is 25.9. The van der Waals surface area contributed by atoms with Crippen molar-refractivity contribution in [3.8, 4) is 0 Å². The minimum Gasteiger partial charge on any atom is -0.481 e. The first-order valence-corrected chi connectivity index (χ1v) is 5.28. The summed E-state index contributed by atoms with van der Waals surface area (Å²) in [5.74, 6) is -1.11. The zero-order valence-corrected chi connectivity index (χ0v) is 9.35. The third kappa shape index (κ3) is 4.60. The number of hydrogen-bond donors (Lipinski definition) is 3. The van der Waals surface area contributed by atoms with Gasteiger partial charge in [0.15, 0.2) is 0 Å². The van der Waals surface area contributed by atoms with Crippen molar-refractivity contribution in [1.82, 2.24) is 10.3 Å². The van der Waals surface area contributed by atoms with Gasteiger partial charge in [0.1, 0.15) is 0 Å². The number of aromatic nitrogens is 1. The lowest BCUT2D eigenvalue weighted by atomic mass is 10.2. The molecule has 1 aromatic rings. The third-order valence-corrected chi connectivity index (χ3v) is 2.14. The van der Waals surface area contributed by atoms with Crippen molar-refractivity contribution in [3.63, 3.8) is 0 Å². The van der Waals surface area contributed by atoms with E-state index in [1.54, 1.807) is 12.1 Å². The van der Waals surface area contributed by atoms with E-state index in [4.69, 9.17) is 10.8 Å². The smallest absolute Gasteiger partial charge is 0.303 e. The second-order valence-corrected chi connectivity index (χ2v) is 3.49. The Morgan fingerprint density at radius 2 is 2.24 bits per heavy atom. The predicted molar refractivity (Wildman–Crippen MR) is 61.3 cm³/mol. The van der Waals surface area contributed by atoms with Crippen LogP contribution in [0.1, 0.15) is 28.9 Å². The van der Waals surface area contributed by atoms with Gasteiger partial charge in [0, 0.05) is 31.3 Å². The molecular formula is C11H15N3O3. The van der Waals surface area contributed by atoms with Crippen molar-refractivity contribution in [1.29, 1.82) is 0 Å². The highest BCUT2D eigenvalue weighted by Crippen LogP contribution is 2.01. The highest BCUT2D eigenvalue weighted by Gasteiger charge is 2.06. The first kappa shape index (κ1) is 13.1. The number of rotatable bonds is 6. The molecule has 1 aromatic heterocycles. The molecular weight excluding hydrogens is 222 g/mol. The van der Waals surface area contributed by atoms with Crippen LogP contribution in [0.3, 0.4) is 0 Å². The maximum absolute atomic E-state index is 11.6. The van der Waals surface area contributed by atoms with E-state index in [9.17, 15) is 9.59 Å². The van der Waals surface area contributed by atoms with Gasteiger partial charge in [-0.25, -0.2) is 0 Å². The van der Waals surface area contributed by atoms with Crippen LogP contribution >= 0.6 is 0 Å². The average molecular weight is 237 g/mol. The van der Waals surface area contributed by atoms with Gasteiger partial charge < -0.3 is 16.2 Å². The normalized spacial score (nSPS) is 9.94. The summed E-state index contributed by atoms with van der Waals surface area (Å²) in [6.07, 6.45) is 1.98. The molecule has 0 aromatic carbocycles. The lowest BCUT2D eigenvalue weighted by molar-refractivity contribution is -0.137. The number of carbonyl (C=O) groups is 2. The van der Waals surface area contributed by atoms with Crippen molar-refractivity contribution >= 4 is 11.9 Å². The lowest BCUT2D eigenvalue weighted by Crippen LogP contribution is -2.25. The van der Waals surface area contributed by atoms with Gasteiger partial charge in [-0.2, -0.15) is 0 Å². The number of nitrogens with one attached hydrogen (secondary N) is 1. The molecule has 0 atom stereocenters. The van der Waals surface area contributed by atoms with E-state index in [2.05, 4.69) is 10.3 Å². The van der Waals surface area contributed by atoms with Crippen LogP contribution in [-0.4, -0.2) is 28.5 Å². The summed E-state index contributed by atoms with van der Waals surface area (Å²) in [6, 6.07) is 3.21. The molecule has 4 N–H and O–H groups in total. The van der Waals surface area contributed by atoms with Crippen molar-refractivity contribution in [2.24, 2.45) is 5.73 Å². The van der Waals surface area contributed by atoms with E-state index < -0.39 is 5.97 Å². The Bertz CT molecular complexity index is 407. The maximum Gasteiger partial charge on any atom is 0.303 e. The number of nitrogens with zero attached hydrogens (tertiary/aromatic N) is 1. The van der Waals surface area contributed by atoms with Crippen molar-refractivity contribution in [2.75, 3.05) is 6.54 Å².